The first-order valence-corrected chi connectivity index (χ1v) is 9.54. The molecule has 0 bridgehead atoms. The van der Waals surface area contributed by atoms with Crippen molar-refractivity contribution in [2.24, 2.45) is 0 Å². The van der Waals surface area contributed by atoms with Crippen molar-refractivity contribution in [3.05, 3.63) is 71.7 Å². The lowest BCUT2D eigenvalue weighted by Crippen LogP contribution is -2.02. The lowest BCUT2D eigenvalue weighted by atomic mass is 10.1. The van der Waals surface area contributed by atoms with Crippen LogP contribution in [-0.2, 0) is 6.54 Å². The second-order valence-electron chi connectivity index (χ2n) is 6.68. The van der Waals surface area contributed by atoms with Crippen molar-refractivity contribution in [1.29, 1.82) is 0 Å². The molecule has 0 unspecified atom stereocenters. The molecule has 0 atom stereocenters. The second-order valence-corrected chi connectivity index (χ2v) is 7.08. The Balaban J connectivity index is 1.43. The fourth-order valence-electron chi connectivity index (χ4n) is 3.30. The maximum absolute atomic E-state index is 13.3. The molecule has 0 fully saturated rings. The standard InChI is InChI=1S/C21H16ClFN6O/c1-30-13-3-4-14(15(22)8-13)17-9-25-20-7-2-12(11-29(17)20)24-10-19-26-16-5-6-18(23)27-21(16)28-19/h2-9,11,24H,10H2,1H3,(H,26,27,28). The number of rotatable bonds is 5. The quantitative estimate of drug-likeness (QED) is 0.402. The molecule has 0 aliphatic heterocycles. The summed E-state index contributed by atoms with van der Waals surface area (Å²) < 4.78 is 20.4. The number of imidazole rings is 2. The van der Waals surface area contributed by atoms with Gasteiger partial charge in [0.05, 0.1) is 41.8 Å². The summed E-state index contributed by atoms with van der Waals surface area (Å²) in [6.07, 6.45) is 3.73. The van der Waals surface area contributed by atoms with Gasteiger partial charge in [-0.25, -0.2) is 9.97 Å². The summed E-state index contributed by atoms with van der Waals surface area (Å²) in [7, 11) is 1.60. The first-order chi connectivity index (χ1) is 14.6. The van der Waals surface area contributed by atoms with Gasteiger partial charge < -0.3 is 15.0 Å². The molecular weight excluding hydrogens is 407 g/mol. The van der Waals surface area contributed by atoms with E-state index in [-0.39, 0.29) is 0 Å². The van der Waals surface area contributed by atoms with Crippen molar-refractivity contribution < 1.29 is 9.13 Å². The van der Waals surface area contributed by atoms with Gasteiger partial charge >= 0.3 is 0 Å². The molecule has 7 nitrogen and oxygen atoms in total. The molecule has 150 valence electrons. The van der Waals surface area contributed by atoms with Gasteiger partial charge in [-0.15, -0.1) is 0 Å². The van der Waals surface area contributed by atoms with E-state index in [2.05, 4.69) is 25.3 Å². The maximum Gasteiger partial charge on any atom is 0.215 e. The van der Waals surface area contributed by atoms with E-state index in [4.69, 9.17) is 16.3 Å². The van der Waals surface area contributed by atoms with Crippen LogP contribution in [0.4, 0.5) is 10.1 Å². The van der Waals surface area contributed by atoms with Crippen LogP contribution >= 0.6 is 11.6 Å². The van der Waals surface area contributed by atoms with Gasteiger partial charge in [-0.05, 0) is 42.5 Å². The summed E-state index contributed by atoms with van der Waals surface area (Å²) in [6, 6.07) is 12.3. The van der Waals surface area contributed by atoms with Crippen LogP contribution in [0.15, 0.2) is 54.9 Å². The molecular formula is C21H16ClFN6O. The first-order valence-electron chi connectivity index (χ1n) is 9.17. The Morgan fingerprint density at radius 3 is 2.90 bits per heavy atom. The molecule has 9 heteroatoms. The number of pyridine rings is 2. The highest BCUT2D eigenvalue weighted by atomic mass is 35.5. The van der Waals surface area contributed by atoms with Gasteiger partial charge in [0.25, 0.3) is 0 Å². The molecule has 0 saturated heterocycles. The van der Waals surface area contributed by atoms with Crippen LogP contribution < -0.4 is 10.1 Å². The lowest BCUT2D eigenvalue weighted by molar-refractivity contribution is 0.415. The van der Waals surface area contributed by atoms with E-state index in [0.717, 1.165) is 22.6 Å². The predicted molar refractivity (Wildman–Crippen MR) is 113 cm³/mol. The Labute approximate surface area is 175 Å². The van der Waals surface area contributed by atoms with E-state index in [9.17, 15) is 4.39 Å². The highest BCUT2D eigenvalue weighted by Crippen LogP contribution is 2.32. The summed E-state index contributed by atoms with van der Waals surface area (Å²) >= 11 is 6.45. The van der Waals surface area contributed by atoms with Crippen LogP contribution in [0.1, 0.15) is 5.82 Å². The van der Waals surface area contributed by atoms with Gasteiger partial charge in [-0.1, -0.05) is 11.6 Å². The third-order valence-corrected chi connectivity index (χ3v) is 5.09. The van der Waals surface area contributed by atoms with Crippen LogP contribution in [0.25, 0.3) is 28.1 Å². The Morgan fingerprint density at radius 2 is 2.07 bits per heavy atom. The van der Waals surface area contributed by atoms with E-state index in [1.165, 1.54) is 6.07 Å². The van der Waals surface area contributed by atoms with E-state index in [1.807, 2.05) is 34.9 Å². The van der Waals surface area contributed by atoms with Crippen LogP contribution in [0.3, 0.4) is 0 Å². The molecule has 30 heavy (non-hydrogen) atoms. The van der Waals surface area contributed by atoms with Gasteiger partial charge in [0.1, 0.15) is 17.2 Å². The Hall–Kier alpha value is -3.65. The second kappa shape index (κ2) is 7.31. The van der Waals surface area contributed by atoms with Gasteiger partial charge in [0, 0.05) is 11.8 Å². The fraction of sp³-hybridized carbons (Fsp3) is 0.0952. The number of methoxy groups -OCH3 is 1. The minimum Gasteiger partial charge on any atom is -0.497 e. The van der Waals surface area contributed by atoms with E-state index in [0.29, 0.717) is 34.3 Å². The largest absolute Gasteiger partial charge is 0.497 e. The number of aromatic nitrogens is 5. The lowest BCUT2D eigenvalue weighted by Gasteiger charge is -2.09. The summed E-state index contributed by atoms with van der Waals surface area (Å²) in [5, 5.41) is 3.89. The molecule has 5 rings (SSSR count). The zero-order valence-electron chi connectivity index (χ0n) is 15.9. The van der Waals surface area contributed by atoms with Crippen molar-refractivity contribution in [1.82, 2.24) is 24.3 Å². The van der Waals surface area contributed by atoms with Gasteiger partial charge in [-0.3, -0.25) is 4.40 Å². The Bertz CT molecular complexity index is 1380. The normalized spacial score (nSPS) is 11.3. The SMILES string of the molecule is COc1ccc(-c2cnc3ccc(NCc4nc5nc(F)ccc5[nH]4)cn23)c(Cl)c1. The van der Waals surface area contributed by atoms with Gasteiger partial charge in [0.2, 0.25) is 5.95 Å². The third-order valence-electron chi connectivity index (χ3n) is 4.78. The Morgan fingerprint density at radius 1 is 1.17 bits per heavy atom. The average Bonchev–Trinajstić information content (AvgIpc) is 3.35. The van der Waals surface area contributed by atoms with Crippen LogP contribution in [0.5, 0.6) is 5.75 Å². The number of ether oxygens (including phenoxy) is 1. The number of H-pyrrole nitrogens is 1. The van der Waals surface area contributed by atoms with Crippen molar-refractivity contribution in [3.8, 4) is 17.0 Å². The minimum absolute atomic E-state index is 0.355. The molecule has 0 spiro atoms. The van der Waals surface area contributed by atoms with Gasteiger partial charge in [-0.2, -0.15) is 9.37 Å². The summed E-state index contributed by atoms with van der Waals surface area (Å²) in [4.78, 5) is 15.7. The van der Waals surface area contributed by atoms with Crippen molar-refractivity contribution >= 4 is 34.1 Å². The number of hydrogen-bond acceptors (Lipinski definition) is 5. The molecule has 0 aliphatic carbocycles. The van der Waals surface area contributed by atoms with Crippen LogP contribution in [0.2, 0.25) is 5.02 Å². The fourth-order valence-corrected chi connectivity index (χ4v) is 3.57. The van der Waals surface area contributed by atoms with Crippen molar-refractivity contribution in [3.63, 3.8) is 0 Å². The molecule has 5 aromatic rings. The highest BCUT2D eigenvalue weighted by molar-refractivity contribution is 6.33. The summed E-state index contributed by atoms with van der Waals surface area (Å²) in [6.45, 7) is 0.427. The number of halogens is 2. The molecule has 1 aromatic carbocycles. The molecule has 2 N–H and O–H groups in total. The minimum atomic E-state index is -0.552. The number of hydrogen-bond donors (Lipinski definition) is 2. The number of nitrogens with zero attached hydrogens (tertiary/aromatic N) is 4. The molecule has 4 heterocycles. The van der Waals surface area contributed by atoms with Gasteiger partial charge in [0.15, 0.2) is 5.65 Å². The number of nitrogens with one attached hydrogen (secondary N) is 2. The van der Waals surface area contributed by atoms with E-state index < -0.39 is 5.95 Å². The maximum atomic E-state index is 13.3. The summed E-state index contributed by atoms with van der Waals surface area (Å²) in [5.41, 5.74) is 4.43. The average molecular weight is 423 g/mol. The van der Waals surface area contributed by atoms with Crippen LogP contribution in [0, 0.1) is 5.95 Å². The molecule has 0 amide bonds. The number of fused-ring (bicyclic) bond motifs is 2. The Kier molecular flexibility index (Phi) is 4.48. The monoisotopic (exact) mass is 422 g/mol. The number of benzene rings is 1. The number of aromatic amines is 1. The van der Waals surface area contributed by atoms with Crippen molar-refractivity contribution in [2.45, 2.75) is 6.54 Å². The zero-order chi connectivity index (χ0) is 20.7. The predicted octanol–water partition coefficient (Wildman–Crippen LogP) is 4.69. The first kappa shape index (κ1) is 18.4. The van der Waals surface area contributed by atoms with Crippen molar-refractivity contribution in [2.75, 3.05) is 12.4 Å². The molecule has 0 radical (unpaired) electrons. The molecule has 4 aromatic heterocycles. The molecule has 0 aliphatic rings. The van der Waals surface area contributed by atoms with E-state index >= 15 is 0 Å². The zero-order valence-corrected chi connectivity index (χ0v) is 16.6. The summed E-state index contributed by atoms with van der Waals surface area (Å²) in [5.74, 6) is 0.802. The third kappa shape index (κ3) is 3.31. The topological polar surface area (TPSA) is 80.1 Å². The number of anilines is 1. The smallest absolute Gasteiger partial charge is 0.215 e. The van der Waals surface area contributed by atoms with Crippen LogP contribution in [-0.4, -0.2) is 31.4 Å². The van der Waals surface area contributed by atoms with E-state index in [1.54, 1.807) is 25.4 Å². The molecule has 0 saturated carbocycles. The highest BCUT2D eigenvalue weighted by Gasteiger charge is 2.11.